The van der Waals surface area contributed by atoms with E-state index in [9.17, 15) is 0 Å². The highest BCUT2D eigenvalue weighted by Crippen LogP contribution is 2.10. The van der Waals surface area contributed by atoms with E-state index >= 15 is 0 Å². The first-order valence-corrected chi connectivity index (χ1v) is 2.87. The second-order valence-corrected chi connectivity index (χ2v) is 1.97. The first-order valence-electron chi connectivity index (χ1n) is 2.49. The van der Waals surface area contributed by atoms with E-state index in [4.69, 9.17) is 23.2 Å². The van der Waals surface area contributed by atoms with Crippen LogP contribution in [0.2, 0.25) is 5.15 Å². The lowest BCUT2D eigenvalue weighted by molar-refractivity contribution is 1.15. The minimum absolute atomic E-state index is 0.0976. The third kappa shape index (κ3) is 1.46. The summed E-state index contributed by atoms with van der Waals surface area (Å²) in [5.41, 5.74) is 7.53. The first kappa shape index (κ1) is 7.04. The Hall–Kier alpha value is -1.07. The van der Waals surface area contributed by atoms with E-state index < -0.39 is 0 Å². The maximum atomic E-state index is 5.50. The zero-order valence-corrected chi connectivity index (χ0v) is 5.76. The fourth-order valence-corrected chi connectivity index (χ4v) is 0.699. The van der Waals surface area contributed by atoms with Gasteiger partial charge in [0.1, 0.15) is 11.0 Å². The number of nitrogens with one attached hydrogen (secondary N) is 1. The summed E-state index contributed by atoms with van der Waals surface area (Å²) < 4.78 is 0. The highest BCUT2D eigenvalue weighted by molar-refractivity contribution is 6.29. The molecule has 5 nitrogen and oxygen atoms in total. The average Bonchev–Trinajstić information content (AvgIpc) is 1.85. The maximum Gasteiger partial charge on any atom is 0.223 e. The van der Waals surface area contributed by atoms with E-state index in [0.717, 1.165) is 0 Å². The highest BCUT2D eigenvalue weighted by Gasteiger charge is 1.96. The van der Waals surface area contributed by atoms with E-state index in [1.165, 1.54) is 6.07 Å². The van der Waals surface area contributed by atoms with Crippen molar-refractivity contribution < 1.29 is 0 Å². The fourth-order valence-electron chi connectivity index (χ4n) is 0.509. The predicted molar refractivity (Wildman–Crippen MR) is 39.3 cm³/mol. The zero-order chi connectivity index (χ0) is 7.56. The molecule has 0 aliphatic heterocycles. The topological polar surface area (TPSA) is 89.8 Å². The summed E-state index contributed by atoms with van der Waals surface area (Å²) >= 11 is 5.50. The van der Waals surface area contributed by atoms with Crippen LogP contribution < -0.4 is 17.0 Å². The molecule has 1 aromatic heterocycles. The van der Waals surface area contributed by atoms with Crippen LogP contribution in [0.5, 0.6) is 0 Å². The number of nitrogen functional groups attached to an aromatic ring is 2. The number of hydrogen-bond donors (Lipinski definition) is 3. The number of halogens is 1. The predicted octanol–water partition coefficient (Wildman–Crippen LogP) is -0.00220. The van der Waals surface area contributed by atoms with Gasteiger partial charge in [0.2, 0.25) is 5.95 Å². The molecule has 0 amide bonds. The van der Waals surface area contributed by atoms with Crippen molar-refractivity contribution in [1.82, 2.24) is 9.97 Å². The summed E-state index contributed by atoms with van der Waals surface area (Å²) in [7, 11) is 0. The molecule has 6 heteroatoms. The van der Waals surface area contributed by atoms with Gasteiger partial charge in [-0.2, -0.15) is 4.98 Å². The molecule has 10 heavy (non-hydrogen) atoms. The molecule has 0 fully saturated rings. The van der Waals surface area contributed by atoms with Crippen LogP contribution in [0.25, 0.3) is 0 Å². The summed E-state index contributed by atoms with van der Waals surface area (Å²) in [6.07, 6.45) is 0. The molecule has 0 spiro atoms. The van der Waals surface area contributed by atoms with Crippen molar-refractivity contribution in [3.05, 3.63) is 11.2 Å². The van der Waals surface area contributed by atoms with Gasteiger partial charge >= 0.3 is 0 Å². The number of aromatic nitrogens is 2. The van der Waals surface area contributed by atoms with Gasteiger partial charge in [-0.3, -0.25) is 0 Å². The normalized spacial score (nSPS) is 9.40. The minimum Gasteiger partial charge on any atom is -0.368 e. The first-order chi connectivity index (χ1) is 4.72. The van der Waals surface area contributed by atoms with Gasteiger partial charge in [-0.1, -0.05) is 11.6 Å². The molecule has 5 N–H and O–H groups in total. The summed E-state index contributed by atoms with van der Waals surface area (Å²) in [5, 5.41) is 0.264. The number of hydrazine groups is 1. The fraction of sp³-hybridized carbons (Fsp3) is 0. The molecule has 54 valence electrons. The van der Waals surface area contributed by atoms with Gasteiger partial charge < -0.3 is 11.2 Å². The lowest BCUT2D eigenvalue weighted by Gasteiger charge is -1.98. The molecule has 0 aromatic carbocycles. The quantitative estimate of drug-likeness (QED) is 0.305. The molecule has 0 bridgehead atoms. The Bertz CT molecular complexity index is 217. The van der Waals surface area contributed by atoms with Crippen LogP contribution in [0.3, 0.4) is 0 Å². The maximum absolute atomic E-state index is 5.50. The average molecular weight is 160 g/mol. The molecule has 1 heterocycles. The SMILES string of the molecule is NNc1cc(Cl)nc(N)n1. The Kier molecular flexibility index (Phi) is 1.88. The van der Waals surface area contributed by atoms with Crippen LogP contribution in [0.4, 0.5) is 11.8 Å². The van der Waals surface area contributed by atoms with Crippen LogP contribution in [-0.4, -0.2) is 9.97 Å². The van der Waals surface area contributed by atoms with Gasteiger partial charge in [0, 0.05) is 6.07 Å². The van der Waals surface area contributed by atoms with Crippen molar-refractivity contribution >= 4 is 23.4 Å². The standard InChI is InChI=1S/C4H6ClN5/c5-2-1-3(10-7)9-4(6)8-2/h1H,7H2,(H3,6,8,9,10). The molecule has 1 rings (SSSR count). The zero-order valence-electron chi connectivity index (χ0n) is 5.00. The monoisotopic (exact) mass is 159 g/mol. The van der Waals surface area contributed by atoms with E-state index in [-0.39, 0.29) is 11.1 Å². The van der Waals surface area contributed by atoms with E-state index in [2.05, 4.69) is 15.4 Å². The highest BCUT2D eigenvalue weighted by atomic mass is 35.5. The van der Waals surface area contributed by atoms with E-state index in [1.54, 1.807) is 0 Å². The third-order valence-corrected chi connectivity index (χ3v) is 1.05. The van der Waals surface area contributed by atoms with Crippen molar-refractivity contribution in [2.75, 3.05) is 11.2 Å². The summed E-state index contributed by atoms with van der Waals surface area (Å²) in [6, 6.07) is 1.47. The lowest BCUT2D eigenvalue weighted by Crippen LogP contribution is -2.10. The Balaban J connectivity index is 3.06. The third-order valence-electron chi connectivity index (χ3n) is 0.860. The van der Waals surface area contributed by atoms with Gasteiger partial charge in [0.15, 0.2) is 0 Å². The Labute approximate surface area is 62.4 Å². The molecule has 1 aromatic rings. The Morgan fingerprint density at radius 1 is 1.50 bits per heavy atom. The smallest absolute Gasteiger partial charge is 0.223 e. The molecule has 0 radical (unpaired) electrons. The number of hydrogen-bond acceptors (Lipinski definition) is 5. The molecule has 0 saturated carbocycles. The van der Waals surface area contributed by atoms with Crippen LogP contribution in [0, 0.1) is 0 Å². The molecule has 0 aliphatic rings. The Morgan fingerprint density at radius 2 is 2.20 bits per heavy atom. The van der Waals surface area contributed by atoms with Crippen LogP contribution in [-0.2, 0) is 0 Å². The van der Waals surface area contributed by atoms with Crippen LogP contribution in [0.1, 0.15) is 0 Å². The van der Waals surface area contributed by atoms with Crippen molar-refractivity contribution in [1.29, 1.82) is 0 Å². The van der Waals surface area contributed by atoms with E-state index in [0.29, 0.717) is 5.82 Å². The van der Waals surface area contributed by atoms with Crippen LogP contribution >= 0.6 is 11.6 Å². The summed E-state index contributed by atoms with van der Waals surface area (Å²) in [5.74, 6) is 5.53. The van der Waals surface area contributed by atoms with Crippen molar-refractivity contribution in [3.8, 4) is 0 Å². The largest absolute Gasteiger partial charge is 0.368 e. The lowest BCUT2D eigenvalue weighted by atomic mass is 10.6. The molecule has 0 saturated heterocycles. The van der Waals surface area contributed by atoms with E-state index in [1.807, 2.05) is 0 Å². The van der Waals surface area contributed by atoms with Crippen molar-refractivity contribution in [2.45, 2.75) is 0 Å². The molecular weight excluding hydrogens is 154 g/mol. The second-order valence-electron chi connectivity index (χ2n) is 1.58. The van der Waals surface area contributed by atoms with Gasteiger partial charge in [-0.15, -0.1) is 0 Å². The molecule has 0 atom stereocenters. The number of rotatable bonds is 1. The molecule has 0 aliphatic carbocycles. The Morgan fingerprint density at radius 3 is 2.70 bits per heavy atom. The van der Waals surface area contributed by atoms with Gasteiger partial charge in [-0.25, -0.2) is 10.8 Å². The van der Waals surface area contributed by atoms with Gasteiger partial charge in [0.05, 0.1) is 0 Å². The van der Waals surface area contributed by atoms with Gasteiger partial charge in [0.25, 0.3) is 0 Å². The number of nitrogens with zero attached hydrogens (tertiary/aromatic N) is 2. The van der Waals surface area contributed by atoms with Crippen molar-refractivity contribution in [3.63, 3.8) is 0 Å². The van der Waals surface area contributed by atoms with Crippen molar-refractivity contribution in [2.24, 2.45) is 5.84 Å². The number of nitrogens with two attached hydrogens (primary N) is 2. The minimum atomic E-state index is 0.0976. The van der Waals surface area contributed by atoms with Crippen LogP contribution in [0.15, 0.2) is 6.07 Å². The number of anilines is 2. The summed E-state index contributed by atoms with van der Waals surface area (Å²) in [6.45, 7) is 0. The molecule has 0 unspecified atom stereocenters. The summed E-state index contributed by atoms with van der Waals surface area (Å²) in [4.78, 5) is 7.32. The molecular formula is C4H6ClN5. The second kappa shape index (κ2) is 2.68. The van der Waals surface area contributed by atoms with Gasteiger partial charge in [-0.05, 0) is 0 Å².